The second kappa shape index (κ2) is 8.71. The summed E-state index contributed by atoms with van der Waals surface area (Å²) in [4.78, 5) is 4.58. The third-order valence-corrected chi connectivity index (χ3v) is 5.17. The first-order valence-electron chi connectivity index (χ1n) is 10.1. The van der Waals surface area contributed by atoms with Crippen LogP contribution in [0, 0.1) is 6.92 Å². The number of aryl methyl sites for hydroxylation is 1. The van der Waals surface area contributed by atoms with Crippen molar-refractivity contribution in [3.63, 3.8) is 0 Å². The molecule has 1 heterocycles. The lowest BCUT2D eigenvalue weighted by Crippen LogP contribution is -2.08. The molecule has 3 aromatic carbocycles. The number of nitrogens with one attached hydrogen (secondary N) is 1. The Hall–Kier alpha value is -3.86. The van der Waals surface area contributed by atoms with Gasteiger partial charge in [0.25, 0.3) is 0 Å². The number of pyridine rings is 1. The molecule has 0 saturated heterocycles. The smallest absolute Gasteiger partial charge is 0.355 e. The van der Waals surface area contributed by atoms with E-state index < -0.39 is 11.7 Å². The quantitative estimate of drug-likeness (QED) is 0.349. The molecule has 160 valence electrons. The van der Waals surface area contributed by atoms with Crippen molar-refractivity contribution in [2.45, 2.75) is 13.1 Å². The maximum Gasteiger partial charge on any atom is 0.417 e. The van der Waals surface area contributed by atoms with Gasteiger partial charge in [-0.15, -0.1) is 0 Å². The second-order valence-corrected chi connectivity index (χ2v) is 7.45. The molecule has 2 nitrogen and oxygen atoms in total. The molecule has 0 atom stereocenters. The number of rotatable bonds is 5. The molecule has 4 rings (SSSR count). The standard InChI is InChI=1S/C27H21F3N2/c1-18-10-6-7-13-22(18)19(2)31-21-16-25(20-11-4-3-5-12-20)32-26(17-21)23-14-8-9-15-24(23)27(28,29)30/h3-17H,2H2,1H3,(H,31,32). The predicted octanol–water partition coefficient (Wildman–Crippen LogP) is 7.83. The summed E-state index contributed by atoms with van der Waals surface area (Å²) in [5.41, 5.74) is 4.17. The van der Waals surface area contributed by atoms with E-state index in [1.54, 1.807) is 12.1 Å². The number of nitrogens with zero attached hydrogens (tertiary/aromatic N) is 1. The minimum absolute atomic E-state index is 0.0299. The summed E-state index contributed by atoms with van der Waals surface area (Å²) in [5, 5.41) is 3.26. The van der Waals surface area contributed by atoms with Gasteiger partial charge in [0.05, 0.1) is 17.0 Å². The molecule has 0 unspecified atom stereocenters. The number of benzene rings is 3. The maximum atomic E-state index is 13.7. The van der Waals surface area contributed by atoms with E-state index in [0.717, 1.165) is 22.8 Å². The number of anilines is 1. The first-order valence-corrected chi connectivity index (χ1v) is 10.1. The molecule has 1 aromatic heterocycles. The summed E-state index contributed by atoms with van der Waals surface area (Å²) in [7, 11) is 0. The average molecular weight is 430 g/mol. The summed E-state index contributed by atoms with van der Waals surface area (Å²) in [6, 6.07) is 26.1. The van der Waals surface area contributed by atoms with E-state index in [1.807, 2.05) is 67.6 Å². The fourth-order valence-corrected chi connectivity index (χ4v) is 3.60. The van der Waals surface area contributed by atoms with Crippen LogP contribution in [0.4, 0.5) is 18.9 Å². The van der Waals surface area contributed by atoms with Crippen LogP contribution in [0.3, 0.4) is 0 Å². The maximum absolute atomic E-state index is 13.7. The highest BCUT2D eigenvalue weighted by atomic mass is 19.4. The van der Waals surface area contributed by atoms with E-state index in [1.165, 1.54) is 12.1 Å². The fourth-order valence-electron chi connectivity index (χ4n) is 3.60. The first kappa shape index (κ1) is 21.4. The fraction of sp³-hybridized carbons (Fsp3) is 0.0741. The molecule has 4 aromatic rings. The van der Waals surface area contributed by atoms with E-state index >= 15 is 0 Å². The van der Waals surface area contributed by atoms with E-state index in [0.29, 0.717) is 17.1 Å². The van der Waals surface area contributed by atoms with Gasteiger partial charge in [-0.25, -0.2) is 4.98 Å². The summed E-state index contributed by atoms with van der Waals surface area (Å²) >= 11 is 0. The Morgan fingerprint density at radius 1 is 0.812 bits per heavy atom. The summed E-state index contributed by atoms with van der Waals surface area (Å²) in [5.74, 6) is 0. The van der Waals surface area contributed by atoms with Gasteiger partial charge in [0.15, 0.2) is 0 Å². The highest BCUT2D eigenvalue weighted by molar-refractivity contribution is 5.81. The van der Waals surface area contributed by atoms with Crippen LogP contribution < -0.4 is 5.32 Å². The Morgan fingerprint density at radius 3 is 2.16 bits per heavy atom. The lowest BCUT2D eigenvalue weighted by molar-refractivity contribution is -0.137. The van der Waals surface area contributed by atoms with Crippen molar-refractivity contribution in [2.24, 2.45) is 0 Å². The van der Waals surface area contributed by atoms with Gasteiger partial charge < -0.3 is 5.32 Å². The van der Waals surface area contributed by atoms with Crippen LogP contribution in [0.5, 0.6) is 0 Å². The van der Waals surface area contributed by atoms with Crippen molar-refractivity contribution < 1.29 is 13.2 Å². The number of hydrogen-bond donors (Lipinski definition) is 1. The lowest BCUT2D eigenvalue weighted by atomic mass is 10.0. The molecule has 0 aliphatic carbocycles. The van der Waals surface area contributed by atoms with Crippen LogP contribution in [0.25, 0.3) is 28.2 Å². The van der Waals surface area contributed by atoms with Crippen molar-refractivity contribution in [3.05, 3.63) is 114 Å². The molecule has 0 saturated carbocycles. The van der Waals surface area contributed by atoms with Gasteiger partial charge in [0.2, 0.25) is 0 Å². The van der Waals surface area contributed by atoms with Gasteiger partial charge in [-0.3, -0.25) is 0 Å². The van der Waals surface area contributed by atoms with Gasteiger partial charge in [-0.1, -0.05) is 79.4 Å². The molecule has 0 spiro atoms. The topological polar surface area (TPSA) is 24.9 Å². The Labute approximate surface area is 185 Å². The van der Waals surface area contributed by atoms with Crippen molar-refractivity contribution in [1.82, 2.24) is 4.98 Å². The Morgan fingerprint density at radius 2 is 1.44 bits per heavy atom. The highest BCUT2D eigenvalue weighted by Crippen LogP contribution is 2.38. The minimum atomic E-state index is -4.49. The number of alkyl halides is 3. The molecule has 0 radical (unpaired) electrons. The third-order valence-electron chi connectivity index (χ3n) is 5.17. The van der Waals surface area contributed by atoms with Crippen molar-refractivity contribution in [3.8, 4) is 22.5 Å². The van der Waals surface area contributed by atoms with Crippen LogP contribution >= 0.6 is 0 Å². The van der Waals surface area contributed by atoms with Crippen LogP contribution in [0.1, 0.15) is 16.7 Å². The normalized spacial score (nSPS) is 11.2. The summed E-state index contributed by atoms with van der Waals surface area (Å²) < 4.78 is 41.0. The zero-order chi connectivity index (χ0) is 22.7. The average Bonchev–Trinajstić information content (AvgIpc) is 2.79. The zero-order valence-corrected chi connectivity index (χ0v) is 17.4. The molecule has 1 N–H and O–H groups in total. The minimum Gasteiger partial charge on any atom is -0.355 e. The molecule has 0 aliphatic heterocycles. The van der Waals surface area contributed by atoms with Crippen LogP contribution in [0.15, 0.2) is 97.6 Å². The van der Waals surface area contributed by atoms with Crippen LogP contribution in [0.2, 0.25) is 0 Å². The predicted molar refractivity (Wildman–Crippen MR) is 124 cm³/mol. The van der Waals surface area contributed by atoms with E-state index in [9.17, 15) is 13.2 Å². The molecular formula is C27H21F3N2. The third kappa shape index (κ3) is 4.57. The molecule has 0 aliphatic rings. The molecule has 0 fully saturated rings. The van der Waals surface area contributed by atoms with Gasteiger partial charge in [0.1, 0.15) is 0 Å². The van der Waals surface area contributed by atoms with Crippen LogP contribution in [-0.2, 0) is 6.18 Å². The second-order valence-electron chi connectivity index (χ2n) is 7.45. The van der Waals surface area contributed by atoms with Crippen molar-refractivity contribution in [2.75, 3.05) is 5.32 Å². The molecule has 5 heteroatoms. The van der Waals surface area contributed by atoms with E-state index in [2.05, 4.69) is 16.9 Å². The van der Waals surface area contributed by atoms with Crippen molar-refractivity contribution in [1.29, 1.82) is 0 Å². The molecular weight excluding hydrogens is 409 g/mol. The molecule has 0 amide bonds. The van der Waals surface area contributed by atoms with E-state index in [4.69, 9.17) is 0 Å². The molecule has 0 bridgehead atoms. The number of hydrogen-bond acceptors (Lipinski definition) is 2. The largest absolute Gasteiger partial charge is 0.417 e. The van der Waals surface area contributed by atoms with Crippen molar-refractivity contribution >= 4 is 11.4 Å². The Bertz CT molecular complexity index is 1260. The summed E-state index contributed by atoms with van der Waals surface area (Å²) in [6.07, 6.45) is -4.49. The molecule has 32 heavy (non-hydrogen) atoms. The Kier molecular flexibility index (Phi) is 5.82. The highest BCUT2D eigenvalue weighted by Gasteiger charge is 2.33. The number of halogens is 3. The van der Waals surface area contributed by atoms with Gasteiger partial charge in [0, 0.05) is 28.1 Å². The van der Waals surface area contributed by atoms with Crippen LogP contribution in [-0.4, -0.2) is 4.98 Å². The van der Waals surface area contributed by atoms with Gasteiger partial charge >= 0.3 is 6.18 Å². The number of aromatic nitrogens is 1. The lowest BCUT2D eigenvalue weighted by Gasteiger charge is -2.17. The van der Waals surface area contributed by atoms with Gasteiger partial charge in [-0.2, -0.15) is 13.2 Å². The van der Waals surface area contributed by atoms with E-state index in [-0.39, 0.29) is 11.3 Å². The zero-order valence-electron chi connectivity index (χ0n) is 17.4. The first-order chi connectivity index (χ1) is 15.3. The summed E-state index contributed by atoms with van der Waals surface area (Å²) in [6.45, 7) is 6.11. The van der Waals surface area contributed by atoms with Gasteiger partial charge in [-0.05, 0) is 30.7 Å². The monoisotopic (exact) mass is 430 g/mol. The Balaban J connectivity index is 1.84. The SMILES string of the molecule is C=C(Nc1cc(-c2ccccc2)nc(-c2ccccc2C(F)(F)F)c1)c1ccccc1C.